The van der Waals surface area contributed by atoms with Crippen molar-refractivity contribution in [2.75, 3.05) is 18.0 Å². The maximum absolute atomic E-state index is 4.76. The summed E-state index contributed by atoms with van der Waals surface area (Å²) < 4.78 is 2.18. The Bertz CT molecular complexity index is 912. The molecule has 23 heavy (non-hydrogen) atoms. The van der Waals surface area contributed by atoms with Gasteiger partial charge < -0.3 is 10.2 Å². The number of nitrogens with zero attached hydrogens (tertiary/aromatic N) is 3. The number of hydrogen-bond donors (Lipinski definition) is 1. The van der Waals surface area contributed by atoms with Crippen LogP contribution >= 0.6 is 0 Å². The van der Waals surface area contributed by atoms with Crippen molar-refractivity contribution >= 4 is 16.7 Å². The van der Waals surface area contributed by atoms with Gasteiger partial charge in [-0.25, -0.2) is 4.98 Å². The minimum atomic E-state index is 0.449. The lowest BCUT2D eigenvalue weighted by atomic mass is 9.97. The molecule has 1 saturated carbocycles. The fourth-order valence-corrected chi connectivity index (χ4v) is 4.73. The molecule has 0 radical (unpaired) electrons. The molecule has 1 spiro atoms. The highest BCUT2D eigenvalue weighted by molar-refractivity contribution is 5.90. The van der Waals surface area contributed by atoms with E-state index in [0.717, 1.165) is 18.0 Å². The molecule has 2 saturated heterocycles. The first-order valence-corrected chi connectivity index (χ1v) is 8.40. The highest BCUT2D eigenvalue weighted by Gasteiger charge is 2.70. The number of nitrogens with one attached hydrogen (secondary N) is 1. The van der Waals surface area contributed by atoms with Gasteiger partial charge in [-0.1, -0.05) is 24.3 Å². The fraction of sp³-hybridized carbons (Fsp3) is 0.316. The van der Waals surface area contributed by atoms with E-state index in [4.69, 9.17) is 4.98 Å². The Kier molecular flexibility index (Phi) is 2.08. The Morgan fingerprint density at radius 1 is 1.09 bits per heavy atom. The number of fused-ring (bicyclic) bond motifs is 1. The van der Waals surface area contributed by atoms with E-state index >= 15 is 0 Å². The Morgan fingerprint density at radius 2 is 2.00 bits per heavy atom. The zero-order chi connectivity index (χ0) is 15.0. The smallest absolute Gasteiger partial charge is 0.112 e. The van der Waals surface area contributed by atoms with E-state index in [1.165, 1.54) is 29.9 Å². The zero-order valence-electron chi connectivity index (χ0n) is 12.8. The molecule has 0 amide bonds. The quantitative estimate of drug-likeness (QED) is 0.790. The van der Waals surface area contributed by atoms with Gasteiger partial charge in [-0.05, 0) is 36.6 Å². The lowest BCUT2D eigenvalue weighted by molar-refractivity contribution is 0.300. The van der Waals surface area contributed by atoms with E-state index in [9.17, 15) is 0 Å². The average Bonchev–Trinajstić information content (AvgIpc) is 3.09. The third-order valence-electron chi connectivity index (χ3n) is 6.06. The van der Waals surface area contributed by atoms with Gasteiger partial charge in [0.05, 0.1) is 17.2 Å². The number of anilines is 1. The van der Waals surface area contributed by atoms with E-state index in [0.29, 0.717) is 11.6 Å². The van der Waals surface area contributed by atoms with Gasteiger partial charge in [0.2, 0.25) is 0 Å². The number of aromatic nitrogens is 2. The standard InChI is InChI=1S/C19H18N4/c1-2-5-14(6-3-1)23-12-20-18-15(7-4-8-16(18)23)22-11-13-9-19(13)17(22)10-21-19/h1-8,12-13,17,21H,9-11H2/t13?,17-,19?/m1/s1. The molecule has 114 valence electrons. The largest absolute Gasteiger partial charge is 0.363 e. The van der Waals surface area contributed by atoms with Crippen molar-refractivity contribution in [3.63, 3.8) is 0 Å². The molecule has 0 bridgehead atoms. The molecule has 2 aromatic carbocycles. The van der Waals surface area contributed by atoms with Crippen LogP contribution in [0.5, 0.6) is 0 Å². The molecule has 4 nitrogen and oxygen atoms in total. The number of hydrogen-bond acceptors (Lipinski definition) is 3. The van der Waals surface area contributed by atoms with Crippen LogP contribution in [0.1, 0.15) is 6.42 Å². The average molecular weight is 302 g/mol. The Morgan fingerprint density at radius 3 is 2.78 bits per heavy atom. The molecule has 3 atom stereocenters. The van der Waals surface area contributed by atoms with Crippen molar-refractivity contribution in [3.05, 3.63) is 54.9 Å². The van der Waals surface area contributed by atoms with Crippen molar-refractivity contribution < 1.29 is 0 Å². The Balaban J connectivity index is 1.49. The van der Waals surface area contributed by atoms with E-state index in [-0.39, 0.29) is 0 Å². The van der Waals surface area contributed by atoms with Crippen LogP contribution in [-0.4, -0.2) is 34.2 Å². The van der Waals surface area contributed by atoms with E-state index in [1.807, 2.05) is 12.4 Å². The molecule has 1 N–H and O–H groups in total. The summed E-state index contributed by atoms with van der Waals surface area (Å²) in [6.07, 6.45) is 3.32. The summed E-state index contributed by atoms with van der Waals surface area (Å²) in [5, 5.41) is 3.67. The maximum Gasteiger partial charge on any atom is 0.112 e. The number of piperidine rings is 1. The van der Waals surface area contributed by atoms with Crippen LogP contribution in [0.2, 0.25) is 0 Å². The van der Waals surface area contributed by atoms with Gasteiger partial charge >= 0.3 is 0 Å². The van der Waals surface area contributed by atoms with Gasteiger partial charge in [-0.15, -0.1) is 0 Å². The molecular weight excluding hydrogens is 284 g/mol. The predicted molar refractivity (Wildman–Crippen MR) is 91.0 cm³/mol. The first-order chi connectivity index (χ1) is 11.4. The third kappa shape index (κ3) is 1.42. The second-order valence-corrected chi connectivity index (χ2v) is 7.09. The molecule has 2 aliphatic heterocycles. The lowest BCUT2D eigenvalue weighted by Gasteiger charge is -2.42. The second-order valence-electron chi connectivity index (χ2n) is 7.09. The third-order valence-corrected chi connectivity index (χ3v) is 6.06. The summed E-state index contributed by atoms with van der Waals surface area (Å²) in [7, 11) is 0. The molecule has 1 aliphatic carbocycles. The summed E-state index contributed by atoms with van der Waals surface area (Å²) in [5.74, 6) is 0.840. The molecule has 2 unspecified atom stereocenters. The molecule has 3 aliphatic rings. The number of imidazole rings is 1. The minimum absolute atomic E-state index is 0.449. The van der Waals surface area contributed by atoms with Crippen molar-refractivity contribution in [2.24, 2.45) is 5.92 Å². The zero-order valence-corrected chi connectivity index (χ0v) is 12.8. The summed E-state index contributed by atoms with van der Waals surface area (Å²) in [4.78, 5) is 7.35. The van der Waals surface area contributed by atoms with Gasteiger partial charge in [0.25, 0.3) is 0 Å². The first-order valence-electron chi connectivity index (χ1n) is 8.40. The molecule has 3 heterocycles. The van der Waals surface area contributed by atoms with Crippen LogP contribution in [0.15, 0.2) is 54.9 Å². The molecule has 3 fully saturated rings. The van der Waals surface area contributed by atoms with Crippen LogP contribution < -0.4 is 10.2 Å². The minimum Gasteiger partial charge on any atom is -0.363 e. The fourth-order valence-electron chi connectivity index (χ4n) is 4.73. The monoisotopic (exact) mass is 302 g/mol. The first kappa shape index (κ1) is 12.1. The highest BCUT2D eigenvalue weighted by Crippen LogP contribution is 2.58. The summed E-state index contributed by atoms with van der Waals surface area (Å²) in [6, 6.07) is 17.7. The Hall–Kier alpha value is -2.33. The molecular formula is C19H18N4. The summed E-state index contributed by atoms with van der Waals surface area (Å²) >= 11 is 0. The van der Waals surface area contributed by atoms with Gasteiger partial charge in [0.1, 0.15) is 11.8 Å². The molecule has 4 heteroatoms. The Labute approximate surface area is 134 Å². The topological polar surface area (TPSA) is 33.1 Å². The van der Waals surface area contributed by atoms with E-state index in [2.05, 4.69) is 57.2 Å². The maximum atomic E-state index is 4.76. The highest BCUT2D eigenvalue weighted by atomic mass is 15.4. The van der Waals surface area contributed by atoms with Crippen LogP contribution in [0.3, 0.4) is 0 Å². The van der Waals surface area contributed by atoms with Crippen LogP contribution in [0.25, 0.3) is 16.7 Å². The summed E-state index contributed by atoms with van der Waals surface area (Å²) in [6.45, 7) is 2.29. The molecule has 1 aromatic heterocycles. The molecule has 6 rings (SSSR count). The SMILES string of the molecule is c1ccc(-n2cnc3c(N4CC5CC56NC[C@@H]46)cccc32)cc1. The molecule has 3 aromatic rings. The predicted octanol–water partition coefficient (Wildman–Crippen LogP) is 2.58. The van der Waals surface area contributed by atoms with E-state index < -0.39 is 0 Å². The van der Waals surface area contributed by atoms with Gasteiger partial charge in [-0.3, -0.25) is 4.57 Å². The number of rotatable bonds is 2. The van der Waals surface area contributed by atoms with Gasteiger partial charge in [0, 0.05) is 24.3 Å². The van der Waals surface area contributed by atoms with Gasteiger partial charge in [0.15, 0.2) is 0 Å². The van der Waals surface area contributed by atoms with Crippen molar-refractivity contribution in [3.8, 4) is 5.69 Å². The van der Waals surface area contributed by atoms with Gasteiger partial charge in [-0.2, -0.15) is 0 Å². The summed E-state index contributed by atoms with van der Waals surface area (Å²) in [5.41, 5.74) is 5.23. The lowest BCUT2D eigenvalue weighted by Crippen LogP contribution is -2.64. The van der Waals surface area contributed by atoms with Crippen LogP contribution in [0.4, 0.5) is 5.69 Å². The van der Waals surface area contributed by atoms with Crippen LogP contribution in [-0.2, 0) is 0 Å². The van der Waals surface area contributed by atoms with Crippen molar-refractivity contribution in [1.82, 2.24) is 14.9 Å². The van der Waals surface area contributed by atoms with Crippen molar-refractivity contribution in [2.45, 2.75) is 18.0 Å². The number of benzene rings is 2. The number of para-hydroxylation sites is 2. The second kappa shape index (κ2) is 3.95. The van der Waals surface area contributed by atoms with E-state index in [1.54, 1.807) is 0 Å². The normalized spacial score (nSPS) is 30.9. The van der Waals surface area contributed by atoms with Crippen LogP contribution in [0, 0.1) is 5.92 Å². The van der Waals surface area contributed by atoms with Crippen molar-refractivity contribution in [1.29, 1.82) is 0 Å².